The maximum atomic E-state index is 12.1. The highest BCUT2D eigenvalue weighted by atomic mass is 32.2. The van der Waals surface area contributed by atoms with Crippen LogP contribution in [0.2, 0.25) is 0 Å². The first kappa shape index (κ1) is 14.7. The molecule has 2 aromatic rings. The number of nitrogens with one attached hydrogen (secondary N) is 1. The zero-order chi connectivity index (χ0) is 15.0. The lowest BCUT2D eigenvalue weighted by Crippen LogP contribution is -2.31. The summed E-state index contributed by atoms with van der Waals surface area (Å²) in [5.41, 5.74) is 1.90. The van der Waals surface area contributed by atoms with Crippen molar-refractivity contribution in [2.75, 3.05) is 5.75 Å². The molecule has 2 unspecified atom stereocenters. The van der Waals surface area contributed by atoms with Crippen LogP contribution in [0.5, 0.6) is 0 Å². The Morgan fingerprint density at radius 3 is 2.86 bits per heavy atom. The van der Waals surface area contributed by atoms with Gasteiger partial charge < -0.3 is 5.32 Å². The van der Waals surface area contributed by atoms with E-state index in [1.807, 2.05) is 24.4 Å². The van der Waals surface area contributed by atoms with E-state index in [0.29, 0.717) is 11.3 Å². The summed E-state index contributed by atoms with van der Waals surface area (Å²) in [5.74, 6) is 0.200. The van der Waals surface area contributed by atoms with Gasteiger partial charge in [-0.15, -0.1) is 11.3 Å². The van der Waals surface area contributed by atoms with Crippen LogP contribution in [0.15, 0.2) is 34.5 Å². The van der Waals surface area contributed by atoms with Crippen molar-refractivity contribution in [3.8, 4) is 0 Å². The minimum Gasteiger partial charge on any atom is -0.301 e. The normalized spacial score (nSPS) is 21.7. The summed E-state index contributed by atoms with van der Waals surface area (Å²) < 4.78 is 24.3. The quantitative estimate of drug-likeness (QED) is 0.943. The molecule has 1 aliphatic rings. The van der Waals surface area contributed by atoms with Gasteiger partial charge in [0.15, 0.2) is 9.84 Å². The predicted octanol–water partition coefficient (Wildman–Crippen LogP) is 3.02. The molecular formula is C15H18N2O2S2. The summed E-state index contributed by atoms with van der Waals surface area (Å²) in [5, 5.41) is 6.60. The van der Waals surface area contributed by atoms with E-state index in [4.69, 9.17) is 0 Å². The third-order valence-electron chi connectivity index (χ3n) is 3.76. The topological polar surface area (TPSA) is 59.1 Å². The summed E-state index contributed by atoms with van der Waals surface area (Å²) in [7, 11) is -3.12. The molecule has 21 heavy (non-hydrogen) atoms. The monoisotopic (exact) mass is 322 g/mol. The lowest BCUT2D eigenvalue weighted by Gasteiger charge is -2.28. The van der Waals surface area contributed by atoms with Crippen LogP contribution in [-0.2, 0) is 9.84 Å². The maximum Gasteiger partial charge on any atom is 0.178 e. The number of thiazole rings is 1. The van der Waals surface area contributed by atoms with Gasteiger partial charge in [0, 0.05) is 17.1 Å². The second kappa shape index (κ2) is 5.51. The maximum absolute atomic E-state index is 12.1. The Balaban J connectivity index is 1.87. The highest BCUT2D eigenvalue weighted by Gasteiger charge is 2.30. The highest BCUT2D eigenvalue weighted by molar-refractivity contribution is 7.91. The Hall–Kier alpha value is -1.24. The van der Waals surface area contributed by atoms with Crippen molar-refractivity contribution in [2.24, 2.45) is 0 Å². The minimum atomic E-state index is -3.12. The van der Waals surface area contributed by atoms with E-state index in [1.165, 1.54) is 0 Å². The van der Waals surface area contributed by atoms with E-state index in [0.717, 1.165) is 16.3 Å². The Morgan fingerprint density at radius 1 is 1.38 bits per heavy atom. The molecule has 1 aliphatic heterocycles. The predicted molar refractivity (Wildman–Crippen MR) is 84.3 cm³/mol. The van der Waals surface area contributed by atoms with Crippen LogP contribution in [-0.4, -0.2) is 19.2 Å². The minimum absolute atomic E-state index is 0.0592. The fourth-order valence-corrected chi connectivity index (χ4v) is 5.14. The van der Waals surface area contributed by atoms with Crippen LogP contribution in [0.25, 0.3) is 0 Å². The Morgan fingerprint density at radius 2 is 2.14 bits per heavy atom. The average molecular weight is 322 g/mol. The van der Waals surface area contributed by atoms with Crippen molar-refractivity contribution in [3.63, 3.8) is 0 Å². The van der Waals surface area contributed by atoms with Crippen molar-refractivity contribution < 1.29 is 8.42 Å². The molecule has 3 rings (SSSR count). The van der Waals surface area contributed by atoms with Gasteiger partial charge in [-0.3, -0.25) is 0 Å². The standard InChI is InChI=1S/C15H18N2O2S2/c1-10-9-20-15(16-10)11(2)17-13-7-8-21(18,19)14-6-4-3-5-12(13)14/h3-6,9,11,13,17H,7-8H2,1-2H3. The number of rotatable bonds is 3. The van der Waals surface area contributed by atoms with Gasteiger partial charge in [0.1, 0.15) is 5.01 Å². The molecule has 0 radical (unpaired) electrons. The van der Waals surface area contributed by atoms with E-state index < -0.39 is 9.84 Å². The first-order chi connectivity index (χ1) is 9.97. The van der Waals surface area contributed by atoms with Crippen molar-refractivity contribution >= 4 is 21.2 Å². The molecule has 1 aromatic carbocycles. The van der Waals surface area contributed by atoms with Crippen LogP contribution in [0, 0.1) is 6.92 Å². The molecule has 1 N–H and O–H groups in total. The summed E-state index contributed by atoms with van der Waals surface area (Å²) in [6.45, 7) is 4.05. The second-order valence-corrected chi connectivity index (χ2v) is 8.38. The number of sulfone groups is 1. The molecule has 4 nitrogen and oxygen atoms in total. The van der Waals surface area contributed by atoms with Gasteiger partial charge >= 0.3 is 0 Å². The lowest BCUT2D eigenvalue weighted by atomic mass is 10.0. The molecule has 6 heteroatoms. The summed E-state index contributed by atoms with van der Waals surface area (Å²) >= 11 is 1.64. The van der Waals surface area contributed by atoms with E-state index in [-0.39, 0.29) is 17.8 Å². The molecule has 0 spiro atoms. The van der Waals surface area contributed by atoms with Crippen molar-refractivity contribution in [2.45, 2.75) is 37.2 Å². The van der Waals surface area contributed by atoms with E-state index in [9.17, 15) is 8.42 Å². The van der Waals surface area contributed by atoms with Gasteiger partial charge in [-0.2, -0.15) is 0 Å². The number of hydrogen-bond acceptors (Lipinski definition) is 5. The van der Waals surface area contributed by atoms with Gasteiger partial charge in [-0.1, -0.05) is 18.2 Å². The lowest BCUT2D eigenvalue weighted by molar-refractivity contribution is 0.440. The van der Waals surface area contributed by atoms with Gasteiger partial charge in [0.05, 0.1) is 16.7 Å². The van der Waals surface area contributed by atoms with Crippen LogP contribution in [0.1, 0.15) is 41.7 Å². The molecule has 2 heterocycles. The van der Waals surface area contributed by atoms with E-state index in [2.05, 4.69) is 17.2 Å². The molecular weight excluding hydrogens is 304 g/mol. The SMILES string of the molecule is Cc1csc(C(C)NC2CCS(=O)(=O)c3ccccc32)n1. The largest absolute Gasteiger partial charge is 0.301 e. The van der Waals surface area contributed by atoms with Gasteiger partial charge in [0.25, 0.3) is 0 Å². The molecule has 2 atom stereocenters. The Labute approximate surface area is 129 Å². The average Bonchev–Trinajstić information content (AvgIpc) is 2.89. The van der Waals surface area contributed by atoms with Crippen molar-refractivity contribution in [1.29, 1.82) is 0 Å². The second-order valence-electron chi connectivity index (χ2n) is 5.41. The first-order valence-electron chi connectivity index (χ1n) is 6.97. The molecule has 0 fully saturated rings. The number of fused-ring (bicyclic) bond motifs is 1. The smallest absolute Gasteiger partial charge is 0.178 e. The van der Waals surface area contributed by atoms with Gasteiger partial charge in [-0.25, -0.2) is 13.4 Å². The number of aryl methyl sites for hydroxylation is 1. The molecule has 0 saturated carbocycles. The number of nitrogens with zero attached hydrogens (tertiary/aromatic N) is 1. The number of hydrogen-bond donors (Lipinski definition) is 1. The molecule has 0 bridgehead atoms. The summed E-state index contributed by atoms with van der Waals surface area (Å²) in [6, 6.07) is 7.46. The Kier molecular flexibility index (Phi) is 3.86. The third-order valence-corrected chi connectivity index (χ3v) is 6.72. The van der Waals surface area contributed by atoms with Crippen molar-refractivity contribution in [3.05, 3.63) is 45.9 Å². The highest BCUT2D eigenvalue weighted by Crippen LogP contribution is 2.33. The van der Waals surface area contributed by atoms with Crippen LogP contribution in [0.4, 0.5) is 0 Å². The van der Waals surface area contributed by atoms with Crippen LogP contribution >= 0.6 is 11.3 Å². The molecule has 112 valence electrons. The van der Waals surface area contributed by atoms with Crippen molar-refractivity contribution in [1.82, 2.24) is 10.3 Å². The van der Waals surface area contributed by atoms with E-state index >= 15 is 0 Å². The first-order valence-corrected chi connectivity index (χ1v) is 9.50. The third kappa shape index (κ3) is 2.88. The van der Waals surface area contributed by atoms with Gasteiger partial charge in [-0.05, 0) is 31.9 Å². The van der Waals surface area contributed by atoms with Crippen LogP contribution in [0.3, 0.4) is 0 Å². The number of benzene rings is 1. The fraction of sp³-hybridized carbons (Fsp3) is 0.400. The molecule has 0 aliphatic carbocycles. The zero-order valence-electron chi connectivity index (χ0n) is 12.0. The van der Waals surface area contributed by atoms with E-state index in [1.54, 1.807) is 23.5 Å². The Bertz CT molecular complexity index is 753. The summed E-state index contributed by atoms with van der Waals surface area (Å²) in [6.07, 6.45) is 0.605. The summed E-state index contributed by atoms with van der Waals surface area (Å²) in [4.78, 5) is 4.97. The molecule has 0 amide bonds. The number of aromatic nitrogens is 1. The van der Waals surface area contributed by atoms with Crippen LogP contribution < -0.4 is 5.32 Å². The zero-order valence-corrected chi connectivity index (χ0v) is 13.7. The molecule has 0 saturated heterocycles. The fourth-order valence-electron chi connectivity index (χ4n) is 2.71. The molecule has 1 aromatic heterocycles. The van der Waals surface area contributed by atoms with Gasteiger partial charge in [0.2, 0.25) is 0 Å².